The number of hydrogen-bond acceptors (Lipinski definition) is 6. The Morgan fingerprint density at radius 3 is 3.00 bits per heavy atom. The van der Waals surface area contributed by atoms with Crippen LogP contribution in [0.3, 0.4) is 0 Å². The molecule has 2 aliphatic rings. The minimum Gasteiger partial charge on any atom is -0.485 e. The molecule has 1 unspecified atom stereocenters. The molecule has 1 saturated carbocycles. The number of carbonyl (C=O) groups excluding carboxylic acids is 1. The molecule has 0 aromatic carbocycles. The van der Waals surface area contributed by atoms with Crippen molar-refractivity contribution in [1.82, 2.24) is 0 Å². The van der Waals surface area contributed by atoms with Crippen LogP contribution < -0.4 is 10.4 Å². The molecule has 1 aliphatic carbocycles. The zero-order valence-corrected chi connectivity index (χ0v) is 13.9. The van der Waals surface area contributed by atoms with Gasteiger partial charge in [0.1, 0.15) is 23.2 Å². The lowest BCUT2D eigenvalue weighted by atomic mass is 9.76. The van der Waals surface area contributed by atoms with Gasteiger partial charge in [0.15, 0.2) is 0 Å². The standard InChI is InChI=1S/C18H22O6/c1-10-5-17-15(18(21)23-10)6-13-4-3-12(7-16(13)24-17)14(8-19)9-22-11(2)20/h5-6,12,14,16,19H,3-4,7-9H2,1-2H3/t12-,14?,16-/m0/s1. The molecule has 0 spiro atoms. The van der Waals surface area contributed by atoms with Crippen molar-refractivity contribution in [2.24, 2.45) is 11.8 Å². The summed E-state index contributed by atoms with van der Waals surface area (Å²) in [6.07, 6.45) is 4.16. The third-order valence-corrected chi connectivity index (χ3v) is 4.81. The van der Waals surface area contributed by atoms with Gasteiger partial charge in [-0.05, 0) is 43.8 Å². The highest BCUT2D eigenvalue weighted by Crippen LogP contribution is 2.40. The average molecular weight is 334 g/mol. The van der Waals surface area contributed by atoms with E-state index in [4.69, 9.17) is 13.9 Å². The molecule has 1 aromatic heterocycles. The van der Waals surface area contributed by atoms with Gasteiger partial charge in [0.05, 0.1) is 6.61 Å². The Kier molecular flexibility index (Phi) is 4.76. The number of aliphatic hydroxyl groups is 1. The van der Waals surface area contributed by atoms with Crippen LogP contribution in [0.2, 0.25) is 0 Å². The Bertz CT molecular complexity index is 717. The van der Waals surface area contributed by atoms with Gasteiger partial charge in [-0.3, -0.25) is 4.79 Å². The fraction of sp³-hybridized carbons (Fsp3) is 0.556. The van der Waals surface area contributed by atoms with E-state index >= 15 is 0 Å². The monoisotopic (exact) mass is 334 g/mol. The third kappa shape index (κ3) is 3.38. The Balaban J connectivity index is 1.76. The van der Waals surface area contributed by atoms with Crippen LogP contribution >= 0.6 is 0 Å². The van der Waals surface area contributed by atoms with Crippen molar-refractivity contribution in [2.75, 3.05) is 13.2 Å². The summed E-state index contributed by atoms with van der Waals surface area (Å²) < 4.78 is 16.2. The molecule has 0 amide bonds. The molecule has 0 radical (unpaired) electrons. The molecule has 3 atom stereocenters. The van der Waals surface area contributed by atoms with E-state index in [1.807, 2.05) is 6.08 Å². The minimum atomic E-state index is -0.374. The summed E-state index contributed by atoms with van der Waals surface area (Å²) >= 11 is 0. The number of rotatable bonds is 4. The molecule has 130 valence electrons. The van der Waals surface area contributed by atoms with E-state index in [0.29, 0.717) is 17.1 Å². The van der Waals surface area contributed by atoms with Crippen LogP contribution in [0, 0.1) is 18.8 Å². The van der Waals surface area contributed by atoms with E-state index < -0.39 is 0 Å². The van der Waals surface area contributed by atoms with Crippen molar-refractivity contribution in [3.63, 3.8) is 0 Å². The zero-order chi connectivity index (χ0) is 17.3. The van der Waals surface area contributed by atoms with Gasteiger partial charge in [-0.1, -0.05) is 0 Å². The molecule has 0 saturated heterocycles. The lowest BCUT2D eigenvalue weighted by Crippen LogP contribution is -2.36. The molecule has 3 rings (SSSR count). The van der Waals surface area contributed by atoms with Crippen molar-refractivity contribution in [3.8, 4) is 5.75 Å². The van der Waals surface area contributed by atoms with Crippen LogP contribution in [-0.4, -0.2) is 30.4 Å². The van der Waals surface area contributed by atoms with Crippen LogP contribution in [0.25, 0.3) is 6.08 Å². The maximum Gasteiger partial charge on any atom is 0.346 e. The summed E-state index contributed by atoms with van der Waals surface area (Å²) in [5.41, 5.74) is 1.18. The SMILES string of the molecule is CC(=O)OCC(CO)[C@H]1CCC2=Cc3c(cc(C)oc3=O)O[C@H]2C1. The van der Waals surface area contributed by atoms with E-state index in [1.165, 1.54) is 6.92 Å². The van der Waals surface area contributed by atoms with Crippen LogP contribution in [-0.2, 0) is 9.53 Å². The lowest BCUT2D eigenvalue weighted by Gasteiger charge is -2.37. The molecule has 6 heteroatoms. The number of aryl methyl sites for hydroxylation is 1. The van der Waals surface area contributed by atoms with Gasteiger partial charge >= 0.3 is 11.6 Å². The Morgan fingerprint density at radius 1 is 1.50 bits per heavy atom. The fourth-order valence-corrected chi connectivity index (χ4v) is 3.50. The van der Waals surface area contributed by atoms with E-state index in [1.54, 1.807) is 13.0 Å². The second-order valence-corrected chi connectivity index (χ2v) is 6.53. The van der Waals surface area contributed by atoms with Gasteiger partial charge in [-0.25, -0.2) is 4.79 Å². The molecular weight excluding hydrogens is 312 g/mol. The summed E-state index contributed by atoms with van der Waals surface area (Å²) in [5, 5.41) is 9.62. The molecule has 6 nitrogen and oxygen atoms in total. The lowest BCUT2D eigenvalue weighted by molar-refractivity contribution is -0.143. The summed E-state index contributed by atoms with van der Waals surface area (Å²) in [6.45, 7) is 3.28. The average Bonchev–Trinajstić information content (AvgIpc) is 2.53. The molecule has 1 aliphatic heterocycles. The largest absolute Gasteiger partial charge is 0.485 e. The van der Waals surface area contributed by atoms with Gasteiger partial charge in [-0.15, -0.1) is 0 Å². The Hall–Kier alpha value is -2.08. The van der Waals surface area contributed by atoms with Gasteiger partial charge in [0.2, 0.25) is 0 Å². The van der Waals surface area contributed by atoms with Crippen LogP contribution in [0.15, 0.2) is 20.9 Å². The first-order valence-electron chi connectivity index (χ1n) is 8.24. The van der Waals surface area contributed by atoms with Crippen molar-refractivity contribution in [1.29, 1.82) is 0 Å². The molecular formula is C18H22O6. The number of fused-ring (bicyclic) bond motifs is 2. The first-order chi connectivity index (χ1) is 11.5. The van der Waals surface area contributed by atoms with Crippen LogP contribution in [0.4, 0.5) is 0 Å². The second kappa shape index (κ2) is 6.81. The van der Waals surface area contributed by atoms with Gasteiger partial charge in [-0.2, -0.15) is 0 Å². The summed E-state index contributed by atoms with van der Waals surface area (Å²) in [6, 6.07) is 1.73. The third-order valence-electron chi connectivity index (χ3n) is 4.81. The first kappa shape index (κ1) is 16.8. The predicted molar refractivity (Wildman–Crippen MR) is 86.7 cm³/mol. The minimum absolute atomic E-state index is 0.0248. The van der Waals surface area contributed by atoms with E-state index in [0.717, 1.165) is 24.8 Å². The highest BCUT2D eigenvalue weighted by atomic mass is 16.5. The van der Waals surface area contributed by atoms with Crippen LogP contribution in [0.1, 0.15) is 37.5 Å². The van der Waals surface area contributed by atoms with E-state index in [9.17, 15) is 14.7 Å². The molecule has 1 aromatic rings. The van der Waals surface area contributed by atoms with Gasteiger partial charge < -0.3 is 19.0 Å². The molecule has 1 N–H and O–H groups in total. The highest BCUT2D eigenvalue weighted by Gasteiger charge is 2.35. The first-order valence-corrected chi connectivity index (χ1v) is 8.24. The fourth-order valence-electron chi connectivity index (χ4n) is 3.50. The molecule has 0 bridgehead atoms. The quantitative estimate of drug-likeness (QED) is 0.848. The van der Waals surface area contributed by atoms with E-state index in [-0.39, 0.29) is 42.7 Å². The molecule has 24 heavy (non-hydrogen) atoms. The Morgan fingerprint density at radius 2 is 2.29 bits per heavy atom. The van der Waals surface area contributed by atoms with Crippen molar-refractivity contribution < 1.29 is 23.8 Å². The maximum absolute atomic E-state index is 12.0. The van der Waals surface area contributed by atoms with Gasteiger partial charge in [0, 0.05) is 25.5 Å². The van der Waals surface area contributed by atoms with Crippen molar-refractivity contribution in [3.05, 3.63) is 33.4 Å². The number of carbonyl (C=O) groups is 1. The van der Waals surface area contributed by atoms with Crippen LogP contribution in [0.5, 0.6) is 5.75 Å². The Labute approximate surface area is 140 Å². The second-order valence-electron chi connectivity index (χ2n) is 6.53. The predicted octanol–water partition coefficient (Wildman–Crippen LogP) is 2.06. The number of ether oxygens (including phenoxy) is 2. The van der Waals surface area contributed by atoms with Crippen molar-refractivity contribution >= 4 is 12.0 Å². The maximum atomic E-state index is 12.0. The summed E-state index contributed by atoms with van der Waals surface area (Å²) in [5.74, 6) is 0.849. The number of aliphatic hydroxyl groups excluding tert-OH is 1. The highest BCUT2D eigenvalue weighted by molar-refractivity contribution is 5.65. The topological polar surface area (TPSA) is 86.0 Å². The normalized spacial score (nSPS) is 23.4. The molecule has 2 heterocycles. The summed E-state index contributed by atoms with van der Waals surface area (Å²) in [4.78, 5) is 23.0. The summed E-state index contributed by atoms with van der Waals surface area (Å²) in [7, 11) is 0. The number of esters is 1. The number of hydrogen-bond donors (Lipinski definition) is 1. The zero-order valence-electron chi connectivity index (χ0n) is 13.9. The van der Waals surface area contributed by atoms with E-state index in [2.05, 4.69) is 0 Å². The van der Waals surface area contributed by atoms with Crippen molar-refractivity contribution in [2.45, 2.75) is 39.2 Å². The smallest absolute Gasteiger partial charge is 0.346 e. The molecule has 1 fully saturated rings. The van der Waals surface area contributed by atoms with Gasteiger partial charge in [0.25, 0.3) is 0 Å².